The highest BCUT2D eigenvalue weighted by Crippen LogP contribution is 2.33. The summed E-state index contributed by atoms with van der Waals surface area (Å²) < 4.78 is 14.6. The number of aliphatic hydroxyl groups is 1. The number of amides is 1. The normalized spacial score (nSPS) is 19.3. The van der Waals surface area contributed by atoms with Gasteiger partial charge in [-0.1, -0.05) is 6.07 Å². The van der Waals surface area contributed by atoms with Crippen molar-refractivity contribution in [2.45, 2.75) is 19.4 Å². The first-order valence-electron chi connectivity index (χ1n) is 6.23. The summed E-state index contributed by atoms with van der Waals surface area (Å²) in [6.07, 6.45) is 0.180. The van der Waals surface area contributed by atoms with Gasteiger partial charge < -0.3 is 10.0 Å². The van der Waals surface area contributed by atoms with Crippen LogP contribution in [-0.4, -0.2) is 35.1 Å². The molecule has 0 unspecified atom stereocenters. The number of aryl methyl sites for hydroxylation is 1. The molecule has 0 aliphatic carbocycles. The standard InChI is InChI=1S/C14H14FNO2S/c1-8-12-10(15)3-2-4-11(12)19-13(8)14(18)16-6-5-9(17)7-16/h2-4,9,17H,5-7H2,1H3/t9-/m0/s1. The molecule has 2 heterocycles. The molecule has 3 nitrogen and oxygen atoms in total. The molecule has 1 aromatic carbocycles. The number of benzene rings is 1. The minimum absolute atomic E-state index is 0.102. The van der Waals surface area contributed by atoms with Crippen molar-refractivity contribution < 1.29 is 14.3 Å². The molecule has 19 heavy (non-hydrogen) atoms. The van der Waals surface area contributed by atoms with Crippen LogP contribution in [0.15, 0.2) is 18.2 Å². The van der Waals surface area contributed by atoms with Gasteiger partial charge in [-0.15, -0.1) is 11.3 Å². The lowest BCUT2D eigenvalue weighted by molar-refractivity contribution is 0.0769. The van der Waals surface area contributed by atoms with Crippen LogP contribution in [0.2, 0.25) is 0 Å². The van der Waals surface area contributed by atoms with Crippen LogP contribution in [0.25, 0.3) is 10.1 Å². The Morgan fingerprint density at radius 2 is 2.32 bits per heavy atom. The van der Waals surface area contributed by atoms with Crippen LogP contribution in [0.5, 0.6) is 0 Å². The van der Waals surface area contributed by atoms with Crippen molar-refractivity contribution in [2.24, 2.45) is 0 Å². The number of fused-ring (bicyclic) bond motifs is 1. The van der Waals surface area contributed by atoms with Gasteiger partial charge in [0, 0.05) is 23.2 Å². The molecule has 3 rings (SSSR count). The Morgan fingerprint density at radius 1 is 1.53 bits per heavy atom. The van der Waals surface area contributed by atoms with Crippen molar-refractivity contribution in [3.05, 3.63) is 34.5 Å². The molecular weight excluding hydrogens is 265 g/mol. The highest BCUT2D eigenvalue weighted by atomic mass is 32.1. The van der Waals surface area contributed by atoms with Gasteiger partial charge >= 0.3 is 0 Å². The summed E-state index contributed by atoms with van der Waals surface area (Å²) in [6.45, 7) is 2.72. The van der Waals surface area contributed by atoms with Crippen LogP contribution in [0.4, 0.5) is 4.39 Å². The maximum atomic E-state index is 13.8. The molecule has 0 bridgehead atoms. The van der Waals surface area contributed by atoms with Gasteiger partial charge in [0.1, 0.15) is 5.82 Å². The summed E-state index contributed by atoms with van der Waals surface area (Å²) in [4.78, 5) is 14.6. The average molecular weight is 279 g/mol. The van der Waals surface area contributed by atoms with Crippen LogP contribution in [-0.2, 0) is 0 Å². The van der Waals surface area contributed by atoms with E-state index in [1.165, 1.54) is 17.4 Å². The second-order valence-corrected chi connectivity index (χ2v) is 5.92. The summed E-state index contributed by atoms with van der Waals surface area (Å²) in [5.41, 5.74) is 0.699. The molecule has 2 aromatic rings. The van der Waals surface area contributed by atoms with Gasteiger partial charge in [-0.3, -0.25) is 4.79 Å². The Morgan fingerprint density at radius 3 is 2.95 bits per heavy atom. The van der Waals surface area contributed by atoms with Crippen molar-refractivity contribution in [1.29, 1.82) is 0 Å². The molecule has 0 spiro atoms. The SMILES string of the molecule is Cc1c(C(=O)N2CC[C@H](O)C2)sc2cccc(F)c12. The second-order valence-electron chi connectivity index (χ2n) is 4.86. The van der Waals surface area contributed by atoms with E-state index < -0.39 is 6.10 Å². The van der Waals surface area contributed by atoms with E-state index in [4.69, 9.17) is 0 Å². The molecule has 1 saturated heterocycles. The minimum Gasteiger partial charge on any atom is -0.391 e. The highest BCUT2D eigenvalue weighted by Gasteiger charge is 2.28. The lowest BCUT2D eigenvalue weighted by atomic mass is 10.1. The average Bonchev–Trinajstić information content (AvgIpc) is 2.94. The van der Waals surface area contributed by atoms with E-state index in [1.807, 2.05) is 6.07 Å². The molecule has 100 valence electrons. The molecular formula is C14H14FNO2S. The predicted molar refractivity (Wildman–Crippen MR) is 73.0 cm³/mol. The van der Waals surface area contributed by atoms with Crippen molar-refractivity contribution in [1.82, 2.24) is 4.90 Å². The van der Waals surface area contributed by atoms with Crippen molar-refractivity contribution in [3.63, 3.8) is 0 Å². The topological polar surface area (TPSA) is 40.5 Å². The van der Waals surface area contributed by atoms with Gasteiger partial charge in [0.2, 0.25) is 0 Å². The lowest BCUT2D eigenvalue weighted by Crippen LogP contribution is -2.29. The zero-order chi connectivity index (χ0) is 13.6. The highest BCUT2D eigenvalue weighted by molar-refractivity contribution is 7.21. The van der Waals surface area contributed by atoms with Gasteiger partial charge in [-0.25, -0.2) is 4.39 Å². The van der Waals surface area contributed by atoms with Crippen LogP contribution >= 0.6 is 11.3 Å². The number of β-amino-alcohol motifs (C(OH)–C–C–N with tert-alkyl or cyclic N) is 1. The Bertz CT molecular complexity index is 652. The first-order chi connectivity index (χ1) is 9.08. The number of carbonyl (C=O) groups is 1. The predicted octanol–water partition coefficient (Wildman–Crippen LogP) is 2.56. The van der Waals surface area contributed by atoms with Crippen LogP contribution in [0.1, 0.15) is 21.7 Å². The number of hydrogen-bond acceptors (Lipinski definition) is 3. The molecule has 1 aliphatic heterocycles. The molecule has 1 aromatic heterocycles. The van der Waals surface area contributed by atoms with E-state index in [1.54, 1.807) is 17.9 Å². The Labute approximate surface area is 114 Å². The Kier molecular flexibility index (Phi) is 3.03. The summed E-state index contributed by atoms with van der Waals surface area (Å²) >= 11 is 1.32. The first kappa shape index (κ1) is 12.6. The maximum absolute atomic E-state index is 13.8. The van der Waals surface area contributed by atoms with E-state index in [-0.39, 0.29) is 11.7 Å². The second kappa shape index (κ2) is 4.58. The fourth-order valence-electron chi connectivity index (χ4n) is 2.53. The molecule has 1 N–H and O–H groups in total. The van der Waals surface area contributed by atoms with Crippen LogP contribution in [0, 0.1) is 12.7 Å². The number of halogens is 1. The van der Waals surface area contributed by atoms with Crippen molar-refractivity contribution in [3.8, 4) is 0 Å². The number of thiophene rings is 1. The summed E-state index contributed by atoms with van der Waals surface area (Å²) in [7, 11) is 0. The minimum atomic E-state index is -0.435. The van der Waals surface area contributed by atoms with E-state index in [9.17, 15) is 14.3 Å². The Hall–Kier alpha value is -1.46. The summed E-state index contributed by atoms with van der Waals surface area (Å²) in [5.74, 6) is -0.388. The zero-order valence-electron chi connectivity index (χ0n) is 10.5. The number of nitrogens with zero attached hydrogens (tertiary/aromatic N) is 1. The largest absolute Gasteiger partial charge is 0.391 e. The summed E-state index contributed by atoms with van der Waals surface area (Å²) in [6, 6.07) is 4.89. The third-order valence-electron chi connectivity index (χ3n) is 3.55. The monoisotopic (exact) mass is 279 g/mol. The van der Waals surface area contributed by atoms with E-state index in [0.717, 1.165) is 4.70 Å². The molecule has 0 radical (unpaired) electrons. The van der Waals surface area contributed by atoms with Gasteiger partial charge in [0.15, 0.2) is 0 Å². The number of rotatable bonds is 1. The fourth-order valence-corrected chi connectivity index (χ4v) is 3.72. The molecule has 1 aliphatic rings. The van der Waals surface area contributed by atoms with Gasteiger partial charge in [-0.2, -0.15) is 0 Å². The molecule has 5 heteroatoms. The summed E-state index contributed by atoms with van der Waals surface area (Å²) in [5, 5.41) is 10.0. The number of likely N-dealkylation sites (tertiary alicyclic amines) is 1. The first-order valence-corrected chi connectivity index (χ1v) is 7.04. The smallest absolute Gasteiger partial charge is 0.264 e. The van der Waals surface area contributed by atoms with Crippen LogP contribution in [0.3, 0.4) is 0 Å². The van der Waals surface area contributed by atoms with Crippen molar-refractivity contribution in [2.75, 3.05) is 13.1 Å². The quantitative estimate of drug-likeness (QED) is 0.871. The van der Waals surface area contributed by atoms with E-state index >= 15 is 0 Å². The van der Waals surface area contributed by atoms with E-state index in [2.05, 4.69) is 0 Å². The molecule has 1 amide bonds. The number of hydrogen-bond donors (Lipinski definition) is 1. The third-order valence-corrected chi connectivity index (χ3v) is 4.79. The number of carbonyl (C=O) groups excluding carboxylic acids is 1. The number of aliphatic hydroxyl groups excluding tert-OH is 1. The zero-order valence-corrected chi connectivity index (χ0v) is 11.3. The molecule has 1 atom stereocenters. The van der Waals surface area contributed by atoms with Gasteiger partial charge in [0.05, 0.1) is 11.0 Å². The van der Waals surface area contributed by atoms with Gasteiger partial charge in [0.25, 0.3) is 5.91 Å². The maximum Gasteiger partial charge on any atom is 0.264 e. The van der Waals surface area contributed by atoms with E-state index in [0.29, 0.717) is 35.3 Å². The lowest BCUT2D eigenvalue weighted by Gasteiger charge is -2.14. The van der Waals surface area contributed by atoms with Crippen LogP contribution < -0.4 is 0 Å². The third kappa shape index (κ3) is 2.03. The molecule has 0 saturated carbocycles. The van der Waals surface area contributed by atoms with Crippen molar-refractivity contribution >= 4 is 27.3 Å². The van der Waals surface area contributed by atoms with Gasteiger partial charge in [-0.05, 0) is 31.0 Å². The molecule has 1 fully saturated rings. The fraction of sp³-hybridized carbons (Fsp3) is 0.357. The Balaban J connectivity index is 2.03.